The van der Waals surface area contributed by atoms with Gasteiger partial charge in [0.2, 0.25) is 0 Å². The molecule has 4 nitrogen and oxygen atoms in total. The molecule has 0 saturated carbocycles. The van der Waals surface area contributed by atoms with Gasteiger partial charge in [0, 0.05) is 6.61 Å². The average molecular weight is 226 g/mol. The minimum absolute atomic E-state index is 0.150. The Morgan fingerprint density at radius 3 is 2.56 bits per heavy atom. The van der Waals surface area contributed by atoms with Crippen LogP contribution in [-0.4, -0.2) is 35.1 Å². The van der Waals surface area contributed by atoms with E-state index in [1.54, 1.807) is 19.2 Å². The second-order valence-electron chi connectivity index (χ2n) is 3.75. The lowest BCUT2D eigenvalue weighted by atomic mass is 10.0. The molecule has 0 aliphatic rings. The molecule has 0 bridgehead atoms. The highest BCUT2D eigenvalue weighted by molar-refractivity contribution is 5.37. The van der Waals surface area contributed by atoms with Crippen molar-refractivity contribution in [3.8, 4) is 5.75 Å². The normalized spacial score (nSPS) is 14.6. The standard InChI is InChI=1S/C12H18O4/c1-8-3-4-9(7-11(8)16-2)12(15)10(14)5-6-13/h3-4,7,10,12-15H,5-6H2,1-2H3. The van der Waals surface area contributed by atoms with E-state index in [9.17, 15) is 10.2 Å². The second kappa shape index (κ2) is 5.84. The molecular formula is C12H18O4. The fourth-order valence-corrected chi connectivity index (χ4v) is 1.53. The number of ether oxygens (including phenoxy) is 1. The van der Waals surface area contributed by atoms with Crippen molar-refractivity contribution in [3.63, 3.8) is 0 Å². The Morgan fingerprint density at radius 1 is 1.31 bits per heavy atom. The topological polar surface area (TPSA) is 69.9 Å². The molecule has 2 atom stereocenters. The summed E-state index contributed by atoms with van der Waals surface area (Å²) in [4.78, 5) is 0. The molecule has 1 aromatic rings. The van der Waals surface area contributed by atoms with Crippen LogP contribution in [-0.2, 0) is 0 Å². The van der Waals surface area contributed by atoms with Gasteiger partial charge in [-0.05, 0) is 30.5 Å². The lowest BCUT2D eigenvalue weighted by molar-refractivity contribution is 0.00412. The number of hydrogen-bond donors (Lipinski definition) is 3. The van der Waals surface area contributed by atoms with Crippen LogP contribution in [0.3, 0.4) is 0 Å². The molecule has 1 rings (SSSR count). The third-order valence-electron chi connectivity index (χ3n) is 2.56. The van der Waals surface area contributed by atoms with E-state index in [-0.39, 0.29) is 13.0 Å². The van der Waals surface area contributed by atoms with E-state index in [4.69, 9.17) is 9.84 Å². The van der Waals surface area contributed by atoms with Crippen molar-refractivity contribution in [1.82, 2.24) is 0 Å². The minimum atomic E-state index is -0.998. The summed E-state index contributed by atoms with van der Waals surface area (Å²) in [6.07, 6.45) is -1.81. The van der Waals surface area contributed by atoms with Gasteiger partial charge in [-0.15, -0.1) is 0 Å². The molecule has 2 unspecified atom stereocenters. The summed E-state index contributed by atoms with van der Waals surface area (Å²) in [5.41, 5.74) is 1.55. The third kappa shape index (κ3) is 2.95. The maximum absolute atomic E-state index is 9.81. The highest BCUT2D eigenvalue weighted by Gasteiger charge is 2.18. The zero-order valence-corrected chi connectivity index (χ0v) is 9.55. The second-order valence-corrected chi connectivity index (χ2v) is 3.75. The molecule has 4 heteroatoms. The van der Waals surface area contributed by atoms with E-state index in [1.165, 1.54) is 0 Å². The number of hydrogen-bond acceptors (Lipinski definition) is 4. The zero-order chi connectivity index (χ0) is 12.1. The molecule has 0 aromatic heterocycles. The highest BCUT2D eigenvalue weighted by Crippen LogP contribution is 2.25. The molecule has 0 fully saturated rings. The first-order chi connectivity index (χ1) is 7.60. The number of methoxy groups -OCH3 is 1. The zero-order valence-electron chi connectivity index (χ0n) is 9.55. The van der Waals surface area contributed by atoms with Gasteiger partial charge < -0.3 is 20.1 Å². The molecule has 0 spiro atoms. The van der Waals surface area contributed by atoms with Crippen molar-refractivity contribution < 1.29 is 20.1 Å². The van der Waals surface area contributed by atoms with Crippen molar-refractivity contribution in [3.05, 3.63) is 29.3 Å². The van der Waals surface area contributed by atoms with Crippen molar-refractivity contribution in [2.75, 3.05) is 13.7 Å². The molecule has 0 aliphatic carbocycles. The number of rotatable bonds is 5. The van der Waals surface area contributed by atoms with Crippen LogP contribution < -0.4 is 4.74 Å². The van der Waals surface area contributed by atoms with Crippen LogP contribution in [0.25, 0.3) is 0 Å². The fourth-order valence-electron chi connectivity index (χ4n) is 1.53. The largest absolute Gasteiger partial charge is 0.496 e. The van der Waals surface area contributed by atoms with Gasteiger partial charge in [0.25, 0.3) is 0 Å². The fraction of sp³-hybridized carbons (Fsp3) is 0.500. The molecule has 0 amide bonds. The summed E-state index contributed by atoms with van der Waals surface area (Å²) < 4.78 is 5.13. The van der Waals surface area contributed by atoms with Gasteiger partial charge in [-0.3, -0.25) is 0 Å². The van der Waals surface area contributed by atoms with Gasteiger partial charge in [-0.25, -0.2) is 0 Å². The van der Waals surface area contributed by atoms with Gasteiger partial charge in [-0.1, -0.05) is 12.1 Å². The lowest BCUT2D eigenvalue weighted by Crippen LogP contribution is -2.19. The Morgan fingerprint density at radius 2 is 2.00 bits per heavy atom. The Kier molecular flexibility index (Phi) is 4.73. The van der Waals surface area contributed by atoms with Crippen LogP contribution in [0.2, 0.25) is 0 Å². The quantitative estimate of drug-likeness (QED) is 0.694. The summed E-state index contributed by atoms with van der Waals surface area (Å²) >= 11 is 0. The van der Waals surface area contributed by atoms with E-state index in [2.05, 4.69) is 0 Å². The molecule has 1 aromatic carbocycles. The smallest absolute Gasteiger partial charge is 0.122 e. The highest BCUT2D eigenvalue weighted by atomic mass is 16.5. The van der Waals surface area contributed by atoms with Crippen molar-refractivity contribution in [2.24, 2.45) is 0 Å². The van der Waals surface area contributed by atoms with Gasteiger partial charge >= 0.3 is 0 Å². The Balaban J connectivity index is 2.87. The molecule has 0 radical (unpaired) electrons. The van der Waals surface area contributed by atoms with E-state index in [0.717, 1.165) is 5.56 Å². The minimum Gasteiger partial charge on any atom is -0.496 e. The first kappa shape index (κ1) is 13.0. The van der Waals surface area contributed by atoms with Gasteiger partial charge in [-0.2, -0.15) is 0 Å². The summed E-state index contributed by atoms with van der Waals surface area (Å²) in [5.74, 6) is 0.674. The predicted molar refractivity (Wildman–Crippen MR) is 60.4 cm³/mol. The van der Waals surface area contributed by atoms with Crippen LogP contribution in [0.4, 0.5) is 0 Å². The molecule has 0 saturated heterocycles. The Labute approximate surface area is 95.1 Å². The van der Waals surface area contributed by atoms with Crippen LogP contribution in [0.15, 0.2) is 18.2 Å². The SMILES string of the molecule is COc1cc(C(O)C(O)CCO)ccc1C. The van der Waals surface area contributed by atoms with E-state index < -0.39 is 12.2 Å². The average Bonchev–Trinajstić information content (AvgIpc) is 2.29. The van der Waals surface area contributed by atoms with Gasteiger partial charge in [0.15, 0.2) is 0 Å². The van der Waals surface area contributed by atoms with Crippen molar-refractivity contribution >= 4 is 0 Å². The first-order valence-corrected chi connectivity index (χ1v) is 5.21. The van der Waals surface area contributed by atoms with Gasteiger partial charge in [0.05, 0.1) is 13.2 Å². The van der Waals surface area contributed by atoms with Crippen LogP contribution in [0, 0.1) is 6.92 Å². The van der Waals surface area contributed by atoms with E-state index in [1.807, 2.05) is 13.0 Å². The number of aliphatic hydroxyl groups is 3. The van der Waals surface area contributed by atoms with E-state index >= 15 is 0 Å². The molecule has 90 valence electrons. The summed E-state index contributed by atoms with van der Waals surface area (Å²) in [6, 6.07) is 5.26. The van der Waals surface area contributed by atoms with Crippen LogP contribution in [0.5, 0.6) is 5.75 Å². The summed E-state index contributed by atoms with van der Waals surface area (Å²) in [6.45, 7) is 1.75. The number of aryl methyl sites for hydroxylation is 1. The molecule has 16 heavy (non-hydrogen) atoms. The predicted octanol–water partition coefficient (Wildman–Crippen LogP) is 0.780. The van der Waals surface area contributed by atoms with E-state index in [0.29, 0.717) is 11.3 Å². The number of aliphatic hydroxyl groups excluding tert-OH is 3. The molecule has 0 aliphatic heterocycles. The molecular weight excluding hydrogens is 208 g/mol. The molecule has 3 N–H and O–H groups in total. The summed E-state index contributed by atoms with van der Waals surface area (Å²) in [5, 5.41) is 28.0. The third-order valence-corrected chi connectivity index (χ3v) is 2.56. The Hall–Kier alpha value is -1.10. The van der Waals surface area contributed by atoms with Crippen LogP contribution in [0.1, 0.15) is 23.7 Å². The first-order valence-electron chi connectivity index (χ1n) is 5.21. The Bertz CT molecular complexity index is 338. The van der Waals surface area contributed by atoms with Crippen LogP contribution >= 0.6 is 0 Å². The monoisotopic (exact) mass is 226 g/mol. The lowest BCUT2D eigenvalue weighted by Gasteiger charge is -2.18. The van der Waals surface area contributed by atoms with Crippen molar-refractivity contribution in [1.29, 1.82) is 0 Å². The number of benzene rings is 1. The van der Waals surface area contributed by atoms with Gasteiger partial charge in [0.1, 0.15) is 11.9 Å². The summed E-state index contributed by atoms with van der Waals surface area (Å²) in [7, 11) is 1.56. The maximum atomic E-state index is 9.81. The maximum Gasteiger partial charge on any atom is 0.122 e. The van der Waals surface area contributed by atoms with Crippen molar-refractivity contribution in [2.45, 2.75) is 25.6 Å². The molecule has 0 heterocycles.